The summed E-state index contributed by atoms with van der Waals surface area (Å²) in [7, 11) is 0. The van der Waals surface area contributed by atoms with Gasteiger partial charge in [0.25, 0.3) is 0 Å². The third-order valence-electron chi connectivity index (χ3n) is 8.73. The summed E-state index contributed by atoms with van der Waals surface area (Å²) in [5.74, 6) is 0. The summed E-state index contributed by atoms with van der Waals surface area (Å²) in [6.07, 6.45) is 6.41. The Morgan fingerprint density at radius 2 is 0.896 bits per heavy atom. The van der Waals surface area contributed by atoms with Crippen LogP contribution in [0.3, 0.4) is 0 Å². The fraction of sp³-hybridized carbons (Fsp3) is 0.0222. The van der Waals surface area contributed by atoms with Crippen molar-refractivity contribution in [1.29, 1.82) is 0 Å². The van der Waals surface area contributed by atoms with E-state index in [1.54, 1.807) is 0 Å². The molecule has 3 nitrogen and oxygen atoms in total. The topological polar surface area (TPSA) is 37.8 Å². The first-order valence-electron chi connectivity index (χ1n) is 16.3. The molecule has 228 valence electrons. The van der Waals surface area contributed by atoms with E-state index < -0.39 is 0 Å². The van der Waals surface area contributed by atoms with Crippen molar-refractivity contribution in [3.63, 3.8) is 0 Å². The third-order valence-corrected chi connectivity index (χ3v) is 8.73. The number of hydrogen-bond donors (Lipinski definition) is 1. The number of pyridine rings is 2. The summed E-state index contributed by atoms with van der Waals surface area (Å²) < 4.78 is 0. The second kappa shape index (κ2) is 13.2. The molecule has 1 N–H and O–H groups in total. The van der Waals surface area contributed by atoms with Crippen LogP contribution >= 0.6 is 0 Å². The van der Waals surface area contributed by atoms with Crippen LogP contribution in [-0.4, -0.2) is 16.5 Å². The maximum atomic E-state index is 5.14. The van der Waals surface area contributed by atoms with Crippen molar-refractivity contribution in [3.8, 4) is 56.0 Å². The first-order chi connectivity index (χ1) is 23.8. The Labute approximate surface area is 281 Å². The van der Waals surface area contributed by atoms with Crippen molar-refractivity contribution in [3.05, 3.63) is 193 Å². The summed E-state index contributed by atoms with van der Waals surface area (Å²) in [5.41, 5.74) is 15.1. The number of hydrogen-bond acceptors (Lipinski definition) is 3. The fourth-order valence-electron chi connectivity index (χ4n) is 6.26. The molecule has 0 unspecified atom stereocenters. The number of rotatable bonds is 7. The minimum atomic E-state index is 0.753. The summed E-state index contributed by atoms with van der Waals surface area (Å²) in [5, 5.41) is 3.66. The van der Waals surface area contributed by atoms with E-state index in [9.17, 15) is 0 Å². The normalized spacial score (nSPS) is 12.5. The Balaban J connectivity index is 1.31. The van der Waals surface area contributed by atoms with Crippen LogP contribution in [0.15, 0.2) is 182 Å². The largest absolute Gasteiger partial charge is 0.381 e. The van der Waals surface area contributed by atoms with Crippen LogP contribution in [0, 0.1) is 0 Å². The molecule has 0 radical (unpaired) electrons. The number of dihydropyridines is 1. The van der Waals surface area contributed by atoms with Crippen molar-refractivity contribution in [2.45, 2.75) is 0 Å². The van der Waals surface area contributed by atoms with Gasteiger partial charge >= 0.3 is 0 Å². The Bertz CT molecular complexity index is 2200. The zero-order chi connectivity index (χ0) is 32.1. The van der Waals surface area contributed by atoms with E-state index in [4.69, 9.17) is 9.97 Å². The zero-order valence-electron chi connectivity index (χ0n) is 26.4. The first kappa shape index (κ1) is 29.1. The van der Waals surface area contributed by atoms with Gasteiger partial charge in [-0.2, -0.15) is 0 Å². The molecule has 5 aromatic carbocycles. The van der Waals surface area contributed by atoms with E-state index in [0.717, 1.165) is 68.3 Å². The van der Waals surface area contributed by atoms with Crippen LogP contribution in [0.4, 0.5) is 0 Å². The Hall–Kier alpha value is -6.32. The Morgan fingerprint density at radius 1 is 0.396 bits per heavy atom. The van der Waals surface area contributed by atoms with Crippen molar-refractivity contribution in [2.24, 2.45) is 0 Å². The highest BCUT2D eigenvalue weighted by Gasteiger charge is 2.15. The highest BCUT2D eigenvalue weighted by atomic mass is 14.9. The first-order valence-corrected chi connectivity index (χ1v) is 16.3. The summed E-state index contributed by atoms with van der Waals surface area (Å²) >= 11 is 0. The number of allylic oxidation sites excluding steroid dienone is 2. The van der Waals surface area contributed by atoms with Gasteiger partial charge in [0.15, 0.2) is 0 Å². The van der Waals surface area contributed by atoms with Crippen LogP contribution in [0.5, 0.6) is 0 Å². The van der Waals surface area contributed by atoms with Gasteiger partial charge in [-0.3, -0.25) is 4.98 Å². The van der Waals surface area contributed by atoms with Gasteiger partial charge < -0.3 is 5.32 Å². The zero-order valence-corrected chi connectivity index (χ0v) is 26.4. The summed E-state index contributed by atoms with van der Waals surface area (Å²) in [6, 6.07) is 57.4. The van der Waals surface area contributed by atoms with E-state index in [1.165, 1.54) is 16.7 Å². The van der Waals surface area contributed by atoms with E-state index in [2.05, 4.69) is 163 Å². The average Bonchev–Trinajstić information content (AvgIpc) is 3.19. The molecule has 1 aliphatic rings. The second-order valence-electron chi connectivity index (χ2n) is 11.9. The quantitative estimate of drug-likeness (QED) is 0.194. The molecule has 0 aliphatic carbocycles. The number of nitrogens with zero attached hydrogens (tertiary/aromatic N) is 2. The van der Waals surface area contributed by atoms with Gasteiger partial charge in [0.1, 0.15) is 0 Å². The molecule has 0 bridgehead atoms. The molecule has 3 heterocycles. The second-order valence-corrected chi connectivity index (χ2v) is 11.9. The maximum Gasteiger partial charge on any atom is 0.0715 e. The van der Waals surface area contributed by atoms with Gasteiger partial charge in [-0.15, -0.1) is 0 Å². The molecule has 0 atom stereocenters. The van der Waals surface area contributed by atoms with E-state index >= 15 is 0 Å². The number of aromatic nitrogens is 2. The lowest BCUT2D eigenvalue weighted by atomic mass is 9.93. The van der Waals surface area contributed by atoms with Gasteiger partial charge in [-0.1, -0.05) is 127 Å². The molecule has 0 saturated carbocycles. The molecular formula is C45H33N3. The SMILES string of the molecule is C1=C(c2ccccc2)C=C(c2cc(-c3cc(-c4ccccc4)nc(-c4ccccc4)c3)cc(-c3cc(-c4ccccc4)ccn3)c2)NC1. The van der Waals surface area contributed by atoms with E-state index in [-0.39, 0.29) is 0 Å². The predicted octanol–water partition coefficient (Wildman–Crippen LogP) is 10.8. The average molecular weight is 616 g/mol. The van der Waals surface area contributed by atoms with Gasteiger partial charge in [0.05, 0.1) is 17.1 Å². The third kappa shape index (κ3) is 6.22. The summed E-state index contributed by atoms with van der Waals surface area (Å²) in [4.78, 5) is 10.0. The molecule has 8 rings (SSSR count). The molecule has 7 aromatic rings. The molecule has 0 fully saturated rings. The molecular weight excluding hydrogens is 583 g/mol. The minimum absolute atomic E-state index is 0.753. The number of nitrogens with one attached hydrogen (secondary N) is 1. The highest BCUT2D eigenvalue weighted by Crippen LogP contribution is 2.36. The predicted molar refractivity (Wildman–Crippen MR) is 200 cm³/mol. The smallest absolute Gasteiger partial charge is 0.0715 e. The van der Waals surface area contributed by atoms with Crippen LogP contribution in [0.2, 0.25) is 0 Å². The molecule has 0 amide bonds. The Kier molecular flexibility index (Phi) is 8.00. The van der Waals surface area contributed by atoms with Crippen LogP contribution < -0.4 is 5.32 Å². The Morgan fingerprint density at radius 3 is 1.52 bits per heavy atom. The minimum Gasteiger partial charge on any atom is -0.381 e. The standard InChI is InChI=1S/C45H33N3/c1-5-13-32(14-6-1)36-21-23-46-42(28-36)40-25-38(26-41(27-40)43-29-37(22-24-47-43)33-15-7-2-8-16-33)39-30-44(34-17-9-3-10-18-34)48-45(31-39)35-19-11-4-12-20-35/h1-23,25-31,47H,24H2. The van der Waals surface area contributed by atoms with Crippen molar-refractivity contribution >= 4 is 11.3 Å². The molecule has 1 aliphatic heterocycles. The van der Waals surface area contributed by atoms with Crippen LogP contribution in [0.1, 0.15) is 11.1 Å². The molecule has 0 spiro atoms. The lowest BCUT2D eigenvalue weighted by molar-refractivity contribution is 0.999. The van der Waals surface area contributed by atoms with Crippen LogP contribution in [0.25, 0.3) is 67.3 Å². The van der Waals surface area contributed by atoms with Gasteiger partial charge in [0.2, 0.25) is 0 Å². The lowest BCUT2D eigenvalue weighted by Gasteiger charge is -2.19. The van der Waals surface area contributed by atoms with Crippen molar-refractivity contribution < 1.29 is 0 Å². The van der Waals surface area contributed by atoms with Gasteiger partial charge in [-0.05, 0) is 87.5 Å². The van der Waals surface area contributed by atoms with E-state index in [1.807, 2.05) is 24.4 Å². The summed E-state index contributed by atoms with van der Waals surface area (Å²) in [6.45, 7) is 0.753. The van der Waals surface area contributed by atoms with E-state index in [0.29, 0.717) is 0 Å². The maximum absolute atomic E-state index is 5.14. The monoisotopic (exact) mass is 615 g/mol. The van der Waals surface area contributed by atoms with Crippen molar-refractivity contribution in [2.75, 3.05) is 6.54 Å². The number of benzene rings is 5. The van der Waals surface area contributed by atoms with Crippen molar-refractivity contribution in [1.82, 2.24) is 15.3 Å². The molecule has 2 aromatic heterocycles. The highest BCUT2D eigenvalue weighted by molar-refractivity contribution is 5.89. The molecule has 3 heteroatoms. The fourth-order valence-corrected chi connectivity index (χ4v) is 6.26. The molecule has 0 saturated heterocycles. The lowest BCUT2D eigenvalue weighted by Crippen LogP contribution is -2.16. The molecule has 48 heavy (non-hydrogen) atoms. The van der Waals surface area contributed by atoms with Crippen LogP contribution in [-0.2, 0) is 0 Å². The van der Waals surface area contributed by atoms with Gasteiger partial charge in [-0.25, -0.2) is 4.98 Å². The van der Waals surface area contributed by atoms with Gasteiger partial charge in [0, 0.05) is 35.1 Å².